The highest BCUT2D eigenvalue weighted by Crippen LogP contribution is 2.32. The smallest absolute Gasteiger partial charge is 0.262 e. The second-order valence-electron chi connectivity index (χ2n) is 5.35. The molecular formula is C17H9F5N2O2S. The summed E-state index contributed by atoms with van der Waals surface area (Å²) in [5.74, 6) is -11.5. The van der Waals surface area contributed by atoms with Crippen LogP contribution in [0.4, 0.5) is 27.6 Å². The zero-order valence-corrected chi connectivity index (χ0v) is 14.0. The average molecular weight is 400 g/mol. The fraction of sp³-hybridized carbons (Fsp3) is 0. The van der Waals surface area contributed by atoms with E-state index >= 15 is 0 Å². The van der Waals surface area contributed by atoms with Gasteiger partial charge >= 0.3 is 0 Å². The Morgan fingerprint density at radius 2 is 1.44 bits per heavy atom. The van der Waals surface area contributed by atoms with Gasteiger partial charge in [0.25, 0.3) is 10.0 Å². The van der Waals surface area contributed by atoms with Crippen molar-refractivity contribution in [2.24, 2.45) is 0 Å². The number of nitrogens with zero attached hydrogens (tertiary/aromatic N) is 1. The number of aromatic nitrogens is 1. The minimum atomic E-state index is -4.76. The lowest BCUT2D eigenvalue weighted by Gasteiger charge is -2.14. The Morgan fingerprint density at radius 3 is 2.07 bits per heavy atom. The number of sulfonamides is 1. The van der Waals surface area contributed by atoms with Gasteiger partial charge in [-0.05, 0) is 12.1 Å². The number of fused-ring (bicyclic) bond motifs is 1. The molecule has 27 heavy (non-hydrogen) atoms. The van der Waals surface area contributed by atoms with Crippen molar-refractivity contribution in [3.05, 3.63) is 77.8 Å². The zero-order valence-electron chi connectivity index (χ0n) is 13.2. The van der Waals surface area contributed by atoms with Gasteiger partial charge < -0.3 is 0 Å². The van der Waals surface area contributed by atoms with Crippen LogP contribution in [0.2, 0.25) is 0 Å². The number of para-hydroxylation sites is 1. The van der Waals surface area contributed by atoms with Crippen molar-refractivity contribution in [3.8, 4) is 0 Å². The van der Waals surface area contributed by atoms with Gasteiger partial charge in [0.1, 0.15) is 5.69 Å². The summed E-state index contributed by atoms with van der Waals surface area (Å²) in [5.41, 5.74) is -1.22. The average Bonchev–Trinajstić information content (AvgIpc) is 2.67. The highest BCUT2D eigenvalue weighted by molar-refractivity contribution is 8.01. The van der Waals surface area contributed by atoms with E-state index < -0.39 is 49.7 Å². The van der Waals surface area contributed by atoms with Gasteiger partial charge in [0.2, 0.25) is 5.82 Å². The summed E-state index contributed by atoms with van der Waals surface area (Å²) in [7, 11) is -4.76. The predicted molar refractivity (Wildman–Crippen MR) is 89.6 cm³/mol. The van der Waals surface area contributed by atoms with Gasteiger partial charge in [-0.2, -0.15) is 0 Å². The second-order valence-corrected chi connectivity index (χ2v) is 7.05. The summed E-state index contributed by atoms with van der Waals surface area (Å²) < 4.78 is 93.5. The molecule has 1 heterocycles. The van der Waals surface area contributed by atoms with Crippen LogP contribution < -0.4 is 4.72 Å². The highest BCUT2D eigenvalue weighted by Gasteiger charge is 2.30. The summed E-state index contributed by atoms with van der Waals surface area (Å²) in [4.78, 5) is 3.40. The van der Waals surface area contributed by atoms with Crippen molar-refractivity contribution in [1.29, 1.82) is 0 Å². The first-order valence-corrected chi connectivity index (χ1v) is 8.70. The molecule has 3 aromatic rings. The lowest BCUT2D eigenvalue weighted by atomic mass is 10.1. The van der Waals surface area contributed by atoms with Crippen LogP contribution in [0.5, 0.6) is 0 Å². The van der Waals surface area contributed by atoms with Crippen LogP contribution in [0.3, 0.4) is 0 Å². The number of benzene rings is 2. The quantitative estimate of drug-likeness (QED) is 0.403. The molecule has 0 radical (unpaired) electrons. The van der Waals surface area contributed by atoms with Crippen LogP contribution in [0, 0.1) is 29.1 Å². The van der Waals surface area contributed by atoms with Gasteiger partial charge in [-0.1, -0.05) is 24.8 Å². The van der Waals surface area contributed by atoms with E-state index in [-0.39, 0.29) is 5.56 Å². The Hall–Kier alpha value is -3.01. The number of anilines is 1. The molecule has 2 aromatic carbocycles. The Kier molecular flexibility index (Phi) is 4.60. The largest absolute Gasteiger partial charge is 0.274 e. The lowest BCUT2D eigenvalue weighted by Crippen LogP contribution is -2.18. The molecule has 4 nitrogen and oxygen atoms in total. The van der Waals surface area contributed by atoms with Gasteiger partial charge in [0, 0.05) is 17.1 Å². The van der Waals surface area contributed by atoms with E-state index in [1.165, 1.54) is 23.1 Å². The molecule has 3 rings (SSSR count). The third-order valence-electron chi connectivity index (χ3n) is 3.72. The number of rotatable bonds is 4. The Bertz CT molecular complexity index is 1160. The zero-order chi connectivity index (χ0) is 19.9. The molecule has 0 aliphatic rings. The van der Waals surface area contributed by atoms with Crippen LogP contribution >= 0.6 is 0 Å². The summed E-state index contributed by atoms with van der Waals surface area (Å²) in [6.45, 7) is 3.38. The number of halogens is 5. The molecule has 0 amide bonds. The summed E-state index contributed by atoms with van der Waals surface area (Å²) >= 11 is 0. The Balaban J connectivity index is 2.10. The van der Waals surface area contributed by atoms with Gasteiger partial charge in [0.15, 0.2) is 23.3 Å². The van der Waals surface area contributed by atoms with Gasteiger partial charge in [-0.15, -0.1) is 0 Å². The van der Waals surface area contributed by atoms with Crippen molar-refractivity contribution in [3.63, 3.8) is 0 Å². The molecule has 0 aliphatic heterocycles. The molecule has 0 spiro atoms. The summed E-state index contributed by atoms with van der Waals surface area (Å²) in [5, 5.41) is 0.368. The maximum Gasteiger partial charge on any atom is 0.262 e. The molecule has 10 heteroatoms. The monoisotopic (exact) mass is 400 g/mol. The van der Waals surface area contributed by atoms with Crippen LogP contribution in [0.1, 0.15) is 5.56 Å². The van der Waals surface area contributed by atoms with Crippen molar-refractivity contribution in [2.45, 2.75) is 0 Å². The molecule has 140 valence electrons. The Labute approximate surface area is 150 Å². The molecule has 0 bridgehead atoms. The van der Waals surface area contributed by atoms with Gasteiger partial charge in [-0.25, -0.2) is 30.4 Å². The number of hydrogen-bond acceptors (Lipinski definition) is 3. The van der Waals surface area contributed by atoms with Crippen molar-refractivity contribution in [1.82, 2.24) is 4.98 Å². The third kappa shape index (κ3) is 3.12. The van der Waals surface area contributed by atoms with Crippen molar-refractivity contribution in [2.75, 3.05) is 4.72 Å². The van der Waals surface area contributed by atoms with E-state index in [9.17, 15) is 30.4 Å². The van der Waals surface area contributed by atoms with E-state index in [2.05, 4.69) is 11.6 Å². The normalized spacial score (nSPS) is 11.6. The van der Waals surface area contributed by atoms with Crippen LogP contribution in [-0.2, 0) is 10.0 Å². The summed E-state index contributed by atoms with van der Waals surface area (Å²) in [6.07, 6.45) is 1.29. The first-order valence-electron chi connectivity index (χ1n) is 7.22. The molecule has 1 N–H and O–H groups in total. The molecule has 0 aliphatic carbocycles. The fourth-order valence-electron chi connectivity index (χ4n) is 2.37. The fourth-order valence-corrected chi connectivity index (χ4v) is 3.41. The highest BCUT2D eigenvalue weighted by atomic mass is 32.2. The first kappa shape index (κ1) is 18.8. The second kappa shape index (κ2) is 6.62. The SMILES string of the molecule is C=C(c1ccnc2ccccc12)S(=O)(=O)Nc1c(F)c(F)c(F)c(F)c1F. The van der Waals surface area contributed by atoms with Crippen LogP contribution in [0.25, 0.3) is 15.8 Å². The Morgan fingerprint density at radius 1 is 0.889 bits per heavy atom. The van der Waals surface area contributed by atoms with Crippen molar-refractivity contribution < 1.29 is 30.4 Å². The minimum absolute atomic E-state index is 0.0528. The molecule has 0 fully saturated rings. The van der Waals surface area contributed by atoms with Crippen molar-refractivity contribution >= 4 is 31.5 Å². The summed E-state index contributed by atoms with van der Waals surface area (Å²) in [6, 6.07) is 7.68. The number of hydrogen-bond donors (Lipinski definition) is 1. The molecule has 1 aromatic heterocycles. The topological polar surface area (TPSA) is 59.1 Å². The van der Waals surface area contributed by atoms with E-state index in [0.717, 1.165) is 0 Å². The lowest BCUT2D eigenvalue weighted by molar-refractivity contribution is 0.382. The first-order chi connectivity index (χ1) is 12.6. The van der Waals surface area contributed by atoms with Gasteiger partial charge in [0.05, 0.1) is 10.4 Å². The minimum Gasteiger partial charge on any atom is -0.274 e. The van der Waals surface area contributed by atoms with E-state index in [4.69, 9.17) is 0 Å². The third-order valence-corrected chi connectivity index (χ3v) is 5.06. The van der Waals surface area contributed by atoms with E-state index in [0.29, 0.717) is 10.9 Å². The number of nitrogens with one attached hydrogen (secondary N) is 1. The van der Waals surface area contributed by atoms with Crippen LogP contribution in [-0.4, -0.2) is 13.4 Å². The molecule has 0 atom stereocenters. The molecule has 0 saturated carbocycles. The maximum atomic E-state index is 13.8. The number of pyridine rings is 1. The molecular weight excluding hydrogens is 391 g/mol. The molecule has 0 unspecified atom stereocenters. The molecule has 0 saturated heterocycles. The van der Waals surface area contributed by atoms with Gasteiger partial charge in [-0.3, -0.25) is 9.71 Å². The standard InChI is InChI=1S/C17H9F5N2O2S/c1-8(9-6-7-23-11-5-3-2-4-10(9)11)27(25,26)24-17-15(21)13(19)12(18)14(20)16(17)22/h2-7,24H,1H2. The van der Waals surface area contributed by atoms with Crippen LogP contribution in [0.15, 0.2) is 43.1 Å². The predicted octanol–water partition coefficient (Wildman–Crippen LogP) is 4.34. The maximum absolute atomic E-state index is 13.8. The van der Waals surface area contributed by atoms with E-state index in [1.807, 2.05) is 0 Å². The van der Waals surface area contributed by atoms with E-state index in [1.54, 1.807) is 18.2 Å².